The smallest absolute Gasteiger partial charge is 0.335 e. The molecule has 3 atom stereocenters. The van der Waals surface area contributed by atoms with E-state index in [1.807, 2.05) is 69.4 Å². The summed E-state index contributed by atoms with van der Waals surface area (Å²) in [6.45, 7) is 5.34. The van der Waals surface area contributed by atoms with Crippen molar-refractivity contribution in [1.29, 1.82) is 0 Å². The molecule has 194 valence electrons. The second-order valence-electron chi connectivity index (χ2n) is 9.76. The van der Waals surface area contributed by atoms with Gasteiger partial charge in [-0.05, 0) is 43.3 Å². The lowest BCUT2D eigenvalue weighted by atomic mass is 9.99. The molecule has 0 unspecified atom stereocenters. The van der Waals surface area contributed by atoms with Crippen LogP contribution in [0.2, 0.25) is 0 Å². The summed E-state index contributed by atoms with van der Waals surface area (Å²) in [5.74, 6) is -0.900. The molecule has 0 bridgehead atoms. The number of carbonyl (C=O) groups excluding carboxylic acids is 1. The molecular weight excluding hydrogens is 470 g/mol. The van der Waals surface area contributed by atoms with Crippen molar-refractivity contribution >= 4 is 11.9 Å². The highest BCUT2D eigenvalue weighted by atomic mass is 16.5. The third-order valence-corrected chi connectivity index (χ3v) is 6.77. The maximum absolute atomic E-state index is 13.6. The zero-order valence-corrected chi connectivity index (χ0v) is 21.4. The highest BCUT2D eigenvalue weighted by Crippen LogP contribution is 2.30. The van der Waals surface area contributed by atoms with Crippen molar-refractivity contribution in [1.82, 2.24) is 14.8 Å². The number of carboxylic acids is 1. The summed E-state index contributed by atoms with van der Waals surface area (Å²) in [7, 11) is 1.98. The molecule has 2 heterocycles. The molecule has 2 aromatic carbocycles. The summed E-state index contributed by atoms with van der Waals surface area (Å²) in [6.07, 6.45) is 1.46. The fraction of sp³-hybridized carbons (Fsp3) is 0.345. The molecule has 2 N–H and O–H groups in total. The van der Waals surface area contributed by atoms with Crippen LogP contribution in [0.25, 0.3) is 11.1 Å². The maximum atomic E-state index is 13.6. The number of amides is 1. The Morgan fingerprint density at radius 1 is 1.16 bits per heavy atom. The number of aliphatic hydroxyl groups is 1. The first kappa shape index (κ1) is 26.3. The Morgan fingerprint density at radius 3 is 2.51 bits per heavy atom. The average Bonchev–Trinajstić information content (AvgIpc) is 2.90. The first-order valence-corrected chi connectivity index (χ1v) is 12.4. The summed E-state index contributed by atoms with van der Waals surface area (Å²) in [5, 5.41) is 19.0. The van der Waals surface area contributed by atoms with Crippen LogP contribution in [0.15, 0.2) is 66.9 Å². The van der Waals surface area contributed by atoms with Gasteiger partial charge in [0, 0.05) is 37.3 Å². The van der Waals surface area contributed by atoms with Crippen molar-refractivity contribution in [2.75, 3.05) is 26.7 Å². The molecule has 1 aliphatic heterocycles. The Bertz CT molecular complexity index is 1230. The SMILES string of the molecule is C[C@@H]1CN([C@@H](C)CO)C(=O)c2cc(-c3ccccc3)cnc2O[C@H]1CN(C)Cc1ccc(C(=O)O)cc1. The van der Waals surface area contributed by atoms with E-state index in [1.54, 1.807) is 23.2 Å². The number of aliphatic hydroxyl groups excluding tert-OH is 1. The molecule has 0 aliphatic carbocycles. The van der Waals surface area contributed by atoms with Crippen molar-refractivity contribution < 1.29 is 24.5 Å². The molecular formula is C29H33N3O5. The first-order valence-electron chi connectivity index (χ1n) is 12.4. The standard InChI is InChI=1S/C29H33N3O5/c1-19-15-32(20(2)18-33)28(34)25-13-24(22-7-5-4-6-8-22)14-30-27(25)37-26(19)17-31(3)16-21-9-11-23(12-10-21)29(35)36/h4-14,19-20,26,33H,15-18H2,1-3H3,(H,35,36)/t19-,20+,26+/m1/s1. The molecule has 37 heavy (non-hydrogen) atoms. The fourth-order valence-electron chi connectivity index (χ4n) is 4.54. The van der Waals surface area contributed by atoms with E-state index in [0.717, 1.165) is 16.7 Å². The van der Waals surface area contributed by atoms with Crippen molar-refractivity contribution in [2.45, 2.75) is 32.5 Å². The number of carboxylic acid groups (broad SMARTS) is 1. The molecule has 0 saturated heterocycles. The van der Waals surface area contributed by atoms with E-state index >= 15 is 0 Å². The minimum Gasteiger partial charge on any atom is -0.478 e. The molecule has 0 radical (unpaired) electrons. The van der Waals surface area contributed by atoms with E-state index in [2.05, 4.69) is 9.88 Å². The third kappa shape index (κ3) is 6.15. The maximum Gasteiger partial charge on any atom is 0.335 e. The number of likely N-dealkylation sites (N-methyl/N-ethyl adjacent to an activating group) is 1. The van der Waals surface area contributed by atoms with Gasteiger partial charge in [0.1, 0.15) is 11.7 Å². The number of aromatic carboxylic acids is 1. The van der Waals surface area contributed by atoms with Gasteiger partial charge < -0.3 is 19.8 Å². The van der Waals surface area contributed by atoms with Crippen LogP contribution < -0.4 is 4.74 Å². The molecule has 1 aromatic heterocycles. The third-order valence-electron chi connectivity index (χ3n) is 6.77. The Morgan fingerprint density at radius 2 is 1.86 bits per heavy atom. The second kappa shape index (κ2) is 11.5. The molecule has 4 rings (SSSR count). The van der Waals surface area contributed by atoms with Gasteiger partial charge in [-0.2, -0.15) is 0 Å². The van der Waals surface area contributed by atoms with Gasteiger partial charge in [0.05, 0.1) is 18.2 Å². The van der Waals surface area contributed by atoms with Crippen LogP contribution in [0.5, 0.6) is 5.88 Å². The van der Waals surface area contributed by atoms with Crippen LogP contribution in [0, 0.1) is 5.92 Å². The fourth-order valence-corrected chi connectivity index (χ4v) is 4.54. The normalized spacial score (nSPS) is 18.5. The zero-order chi connectivity index (χ0) is 26.5. The van der Waals surface area contributed by atoms with Crippen LogP contribution in [0.3, 0.4) is 0 Å². The van der Waals surface area contributed by atoms with Crippen molar-refractivity contribution in [3.8, 4) is 17.0 Å². The van der Waals surface area contributed by atoms with Gasteiger partial charge in [-0.25, -0.2) is 9.78 Å². The van der Waals surface area contributed by atoms with Gasteiger partial charge in [-0.3, -0.25) is 9.69 Å². The Balaban J connectivity index is 1.60. The Labute approximate surface area is 217 Å². The van der Waals surface area contributed by atoms with Gasteiger partial charge in [-0.1, -0.05) is 49.4 Å². The lowest BCUT2D eigenvalue weighted by molar-refractivity contribution is 0.0325. The number of aromatic nitrogens is 1. The van der Waals surface area contributed by atoms with E-state index in [4.69, 9.17) is 9.84 Å². The number of hydrogen-bond acceptors (Lipinski definition) is 6. The van der Waals surface area contributed by atoms with Crippen LogP contribution in [-0.2, 0) is 6.54 Å². The van der Waals surface area contributed by atoms with E-state index in [9.17, 15) is 14.7 Å². The molecule has 3 aromatic rings. The summed E-state index contributed by atoms with van der Waals surface area (Å²) in [6, 6.07) is 18.0. The first-order chi connectivity index (χ1) is 17.8. The quantitative estimate of drug-likeness (QED) is 0.482. The van der Waals surface area contributed by atoms with E-state index in [0.29, 0.717) is 25.2 Å². The summed E-state index contributed by atoms with van der Waals surface area (Å²) < 4.78 is 6.39. The molecule has 0 spiro atoms. The molecule has 0 saturated carbocycles. The molecule has 1 amide bonds. The molecule has 8 heteroatoms. The number of fused-ring (bicyclic) bond motifs is 1. The highest BCUT2D eigenvalue weighted by molar-refractivity contribution is 5.98. The Kier molecular flexibility index (Phi) is 8.21. The second-order valence-corrected chi connectivity index (χ2v) is 9.76. The minimum atomic E-state index is -0.950. The van der Waals surface area contributed by atoms with Crippen LogP contribution in [0.1, 0.15) is 40.1 Å². The van der Waals surface area contributed by atoms with Gasteiger partial charge in [0.15, 0.2) is 0 Å². The van der Waals surface area contributed by atoms with E-state index in [-0.39, 0.29) is 42.0 Å². The largest absolute Gasteiger partial charge is 0.478 e. The van der Waals surface area contributed by atoms with Crippen LogP contribution >= 0.6 is 0 Å². The molecule has 0 fully saturated rings. The number of rotatable bonds is 8. The Hall–Kier alpha value is -3.75. The monoisotopic (exact) mass is 503 g/mol. The van der Waals surface area contributed by atoms with Gasteiger partial charge in [0.2, 0.25) is 5.88 Å². The predicted octanol–water partition coefficient (Wildman–Crippen LogP) is 3.80. The lowest BCUT2D eigenvalue weighted by Crippen LogP contribution is -2.49. The number of carbonyl (C=O) groups is 2. The highest BCUT2D eigenvalue weighted by Gasteiger charge is 2.34. The summed E-state index contributed by atoms with van der Waals surface area (Å²) in [4.78, 5) is 33.1. The van der Waals surface area contributed by atoms with Crippen molar-refractivity contribution in [2.24, 2.45) is 5.92 Å². The van der Waals surface area contributed by atoms with Crippen molar-refractivity contribution in [3.05, 3.63) is 83.6 Å². The topological polar surface area (TPSA) is 103 Å². The van der Waals surface area contributed by atoms with Crippen LogP contribution in [0.4, 0.5) is 0 Å². The summed E-state index contributed by atoms with van der Waals surface area (Å²) in [5.41, 5.74) is 3.39. The minimum absolute atomic E-state index is 0.0291. The van der Waals surface area contributed by atoms with Crippen LogP contribution in [-0.4, -0.2) is 75.8 Å². The van der Waals surface area contributed by atoms with Crippen molar-refractivity contribution in [3.63, 3.8) is 0 Å². The number of pyridine rings is 1. The number of benzene rings is 2. The zero-order valence-electron chi connectivity index (χ0n) is 21.4. The number of ether oxygens (including phenoxy) is 1. The van der Waals surface area contributed by atoms with E-state index < -0.39 is 5.97 Å². The predicted molar refractivity (Wildman–Crippen MR) is 141 cm³/mol. The molecule has 1 aliphatic rings. The van der Waals surface area contributed by atoms with E-state index in [1.165, 1.54) is 0 Å². The summed E-state index contributed by atoms with van der Waals surface area (Å²) >= 11 is 0. The average molecular weight is 504 g/mol. The number of hydrogen-bond donors (Lipinski definition) is 2. The van der Waals surface area contributed by atoms with Gasteiger partial charge >= 0.3 is 5.97 Å². The lowest BCUT2D eigenvalue weighted by Gasteiger charge is -2.37. The molecule has 8 nitrogen and oxygen atoms in total. The number of nitrogens with zero attached hydrogens (tertiary/aromatic N) is 3. The van der Waals surface area contributed by atoms with Gasteiger partial charge in [0.25, 0.3) is 5.91 Å². The van der Waals surface area contributed by atoms with Gasteiger partial charge in [-0.15, -0.1) is 0 Å².